The van der Waals surface area contributed by atoms with Crippen LogP contribution in [0.1, 0.15) is 54.1 Å². The van der Waals surface area contributed by atoms with E-state index in [0.717, 1.165) is 11.3 Å². The van der Waals surface area contributed by atoms with E-state index in [2.05, 4.69) is 5.32 Å². The molecule has 0 saturated carbocycles. The van der Waals surface area contributed by atoms with E-state index in [1.54, 1.807) is 30.3 Å². The zero-order chi connectivity index (χ0) is 21.2. The van der Waals surface area contributed by atoms with Crippen molar-refractivity contribution in [2.75, 3.05) is 0 Å². The zero-order valence-corrected chi connectivity index (χ0v) is 16.7. The van der Waals surface area contributed by atoms with E-state index in [1.807, 2.05) is 26.0 Å². The number of benzene rings is 2. The third kappa shape index (κ3) is 2.56. The molecule has 30 heavy (non-hydrogen) atoms. The zero-order valence-electron chi connectivity index (χ0n) is 16.7. The molecule has 6 nitrogen and oxygen atoms in total. The normalized spacial score (nSPS) is 21.7. The summed E-state index contributed by atoms with van der Waals surface area (Å²) in [5.41, 5.74) is 3.78. The number of Topliss-reactive ketones (excluding diaryl/α,β-unsaturated/α-hetero) is 2. The van der Waals surface area contributed by atoms with Gasteiger partial charge in [0.15, 0.2) is 11.6 Å². The van der Waals surface area contributed by atoms with Crippen LogP contribution in [0, 0.1) is 15.5 Å². The number of nitrogens with one attached hydrogen (secondary N) is 1. The van der Waals surface area contributed by atoms with Crippen LogP contribution in [0.4, 0.5) is 5.69 Å². The highest BCUT2D eigenvalue weighted by Gasteiger charge is 2.47. The first-order valence-electron chi connectivity index (χ1n) is 9.93. The highest BCUT2D eigenvalue weighted by molar-refractivity contribution is 6.23. The van der Waals surface area contributed by atoms with Crippen LogP contribution >= 0.6 is 0 Å². The fourth-order valence-electron chi connectivity index (χ4n) is 5.00. The van der Waals surface area contributed by atoms with Gasteiger partial charge in [0.25, 0.3) is 5.69 Å². The lowest BCUT2D eigenvalue weighted by atomic mass is 9.68. The average Bonchev–Trinajstić information content (AvgIpc) is 2.98. The Balaban J connectivity index is 1.80. The van der Waals surface area contributed by atoms with Crippen LogP contribution in [0.5, 0.6) is 0 Å². The number of hydrogen-bond acceptors (Lipinski definition) is 5. The molecular weight excluding hydrogens is 380 g/mol. The maximum Gasteiger partial charge on any atom is 0.273 e. The van der Waals surface area contributed by atoms with E-state index in [9.17, 15) is 19.7 Å². The van der Waals surface area contributed by atoms with Gasteiger partial charge in [0, 0.05) is 46.0 Å². The Morgan fingerprint density at radius 3 is 2.37 bits per heavy atom. The van der Waals surface area contributed by atoms with Crippen molar-refractivity contribution in [3.05, 3.63) is 92.2 Å². The van der Waals surface area contributed by atoms with Crippen molar-refractivity contribution in [2.45, 2.75) is 32.6 Å². The van der Waals surface area contributed by atoms with Crippen LogP contribution in [-0.4, -0.2) is 16.5 Å². The molecule has 2 aliphatic carbocycles. The number of fused-ring (bicyclic) bond motifs is 2. The van der Waals surface area contributed by atoms with Crippen molar-refractivity contribution < 1.29 is 14.5 Å². The minimum Gasteiger partial charge on any atom is -0.358 e. The lowest BCUT2D eigenvalue weighted by Gasteiger charge is -2.38. The summed E-state index contributed by atoms with van der Waals surface area (Å²) in [5.74, 6) is -0.992. The number of carbonyl (C=O) groups is 2. The largest absolute Gasteiger partial charge is 0.358 e. The summed E-state index contributed by atoms with van der Waals surface area (Å²) in [4.78, 5) is 38.0. The molecule has 3 aliphatic rings. The first-order valence-corrected chi connectivity index (χ1v) is 9.93. The second-order valence-corrected chi connectivity index (χ2v) is 8.87. The van der Waals surface area contributed by atoms with Crippen molar-refractivity contribution in [3.8, 4) is 0 Å². The van der Waals surface area contributed by atoms with Crippen LogP contribution in [-0.2, 0) is 4.79 Å². The van der Waals surface area contributed by atoms with Crippen LogP contribution < -0.4 is 5.32 Å². The van der Waals surface area contributed by atoms with Crippen molar-refractivity contribution in [1.82, 2.24) is 5.32 Å². The Bertz CT molecular complexity index is 1220. The molecule has 150 valence electrons. The van der Waals surface area contributed by atoms with Gasteiger partial charge in [-0.25, -0.2) is 0 Å². The molecule has 2 aromatic rings. The number of nitro groups is 1. The Kier molecular flexibility index (Phi) is 3.84. The van der Waals surface area contributed by atoms with E-state index in [0.29, 0.717) is 40.8 Å². The van der Waals surface area contributed by atoms with Gasteiger partial charge in [0.2, 0.25) is 0 Å². The molecular formula is C24H20N2O4. The standard InChI is InChI=1S/C24H20N2O4/c1-24(2)11-16-20(18(27)12-24)19(15-9-5-6-10-17(15)26(29)30)21-22(25-16)13-7-3-4-8-14(13)23(21)28/h3-10,19,25H,11-12H2,1-2H3/t19-/m1/s1. The van der Waals surface area contributed by atoms with Crippen molar-refractivity contribution >= 4 is 23.0 Å². The maximum atomic E-state index is 13.4. The first kappa shape index (κ1) is 18.5. The SMILES string of the molecule is CC1(C)CC(=O)C2=C(C1)NC1=C(C(=O)c3ccccc31)[C@@H]2c1ccccc1[N+](=O)[O-]. The Morgan fingerprint density at radius 2 is 1.63 bits per heavy atom. The number of dihydropyridines is 1. The topological polar surface area (TPSA) is 89.3 Å². The van der Waals surface area contributed by atoms with Gasteiger partial charge in [0.05, 0.1) is 16.5 Å². The van der Waals surface area contributed by atoms with E-state index >= 15 is 0 Å². The van der Waals surface area contributed by atoms with Gasteiger partial charge in [0.1, 0.15) is 0 Å². The Morgan fingerprint density at radius 1 is 0.967 bits per heavy atom. The molecule has 0 saturated heterocycles. The van der Waals surface area contributed by atoms with Crippen LogP contribution in [0.15, 0.2) is 65.4 Å². The highest BCUT2D eigenvalue weighted by Crippen LogP contribution is 2.52. The van der Waals surface area contributed by atoms with Gasteiger partial charge in [-0.1, -0.05) is 56.3 Å². The smallest absolute Gasteiger partial charge is 0.273 e. The third-order valence-electron chi connectivity index (χ3n) is 6.17. The highest BCUT2D eigenvalue weighted by atomic mass is 16.6. The van der Waals surface area contributed by atoms with Gasteiger partial charge in [-0.15, -0.1) is 0 Å². The van der Waals surface area contributed by atoms with Gasteiger partial charge in [-0.3, -0.25) is 19.7 Å². The lowest BCUT2D eigenvalue weighted by molar-refractivity contribution is -0.385. The fraction of sp³-hybridized carbons (Fsp3) is 0.250. The van der Waals surface area contributed by atoms with Crippen LogP contribution in [0.25, 0.3) is 5.70 Å². The van der Waals surface area contributed by atoms with Gasteiger partial charge >= 0.3 is 0 Å². The summed E-state index contributed by atoms with van der Waals surface area (Å²) < 4.78 is 0. The molecule has 0 unspecified atom stereocenters. The second kappa shape index (κ2) is 6.23. The van der Waals surface area contributed by atoms with Crippen molar-refractivity contribution in [3.63, 3.8) is 0 Å². The molecule has 1 aliphatic heterocycles. The van der Waals surface area contributed by atoms with Crippen molar-refractivity contribution in [2.24, 2.45) is 5.41 Å². The second-order valence-electron chi connectivity index (χ2n) is 8.87. The molecule has 0 fully saturated rings. The summed E-state index contributed by atoms with van der Waals surface area (Å²) >= 11 is 0. The molecule has 1 N–H and O–H groups in total. The van der Waals surface area contributed by atoms with Crippen molar-refractivity contribution in [1.29, 1.82) is 0 Å². The predicted octanol–water partition coefficient (Wildman–Crippen LogP) is 4.53. The molecule has 6 heteroatoms. The number of para-hydroxylation sites is 1. The summed E-state index contributed by atoms with van der Waals surface area (Å²) in [6, 6.07) is 13.7. The molecule has 0 bridgehead atoms. The first-order chi connectivity index (χ1) is 14.3. The molecule has 0 aromatic heterocycles. The number of carbonyl (C=O) groups excluding carboxylic acids is 2. The number of rotatable bonds is 2. The van der Waals surface area contributed by atoms with E-state index in [1.165, 1.54) is 6.07 Å². The Hall–Kier alpha value is -3.54. The van der Waals surface area contributed by atoms with Gasteiger partial charge in [-0.2, -0.15) is 0 Å². The van der Waals surface area contributed by atoms with E-state index < -0.39 is 10.8 Å². The lowest BCUT2D eigenvalue weighted by Crippen LogP contribution is -2.37. The molecule has 1 heterocycles. The summed E-state index contributed by atoms with van der Waals surface area (Å²) in [7, 11) is 0. The molecule has 2 aromatic carbocycles. The quantitative estimate of drug-likeness (QED) is 0.591. The summed E-state index contributed by atoms with van der Waals surface area (Å²) in [6.45, 7) is 4.07. The number of ketones is 2. The molecule has 5 rings (SSSR count). The van der Waals surface area contributed by atoms with Gasteiger partial charge in [-0.05, 0) is 11.8 Å². The number of allylic oxidation sites excluding steroid dienone is 3. The minimum absolute atomic E-state index is 0.0628. The number of hydrogen-bond donors (Lipinski definition) is 1. The Labute approximate surface area is 173 Å². The van der Waals surface area contributed by atoms with Crippen LogP contribution in [0.2, 0.25) is 0 Å². The summed E-state index contributed by atoms with van der Waals surface area (Å²) in [6.07, 6.45) is 0.979. The molecule has 0 radical (unpaired) electrons. The molecule has 0 spiro atoms. The number of nitrogens with zero attached hydrogens (tertiary/aromatic N) is 1. The van der Waals surface area contributed by atoms with E-state index in [4.69, 9.17) is 0 Å². The summed E-state index contributed by atoms with van der Waals surface area (Å²) in [5, 5.41) is 15.2. The van der Waals surface area contributed by atoms with E-state index in [-0.39, 0.29) is 22.7 Å². The molecule has 1 atom stereocenters. The minimum atomic E-state index is -0.749. The fourth-order valence-corrected chi connectivity index (χ4v) is 5.00. The predicted molar refractivity (Wildman–Crippen MR) is 112 cm³/mol. The third-order valence-corrected chi connectivity index (χ3v) is 6.17. The average molecular weight is 400 g/mol. The van der Waals surface area contributed by atoms with Gasteiger partial charge < -0.3 is 5.32 Å². The molecule has 0 amide bonds. The maximum absolute atomic E-state index is 13.4. The monoisotopic (exact) mass is 400 g/mol. The number of nitro benzene ring substituents is 1. The van der Waals surface area contributed by atoms with Crippen LogP contribution in [0.3, 0.4) is 0 Å².